The molecule has 0 bridgehead atoms. The monoisotopic (exact) mass is 353 g/mol. The zero-order valence-corrected chi connectivity index (χ0v) is 14.3. The smallest absolute Gasteiger partial charge is 0.251 e. The van der Waals surface area contributed by atoms with Crippen LogP contribution in [0.3, 0.4) is 0 Å². The highest BCUT2D eigenvalue weighted by Gasteiger charge is 2.10. The molecule has 1 amide bonds. The fourth-order valence-electron chi connectivity index (χ4n) is 2.84. The SMILES string of the molecule is N#Cc1ccc(-n2cnc3cc(C(=O)NCc4cccnc4)ccc32)cc1. The van der Waals surface area contributed by atoms with E-state index in [1.807, 2.05) is 34.9 Å². The Bertz CT molecular complexity index is 1140. The van der Waals surface area contributed by atoms with Crippen molar-refractivity contribution in [2.24, 2.45) is 0 Å². The number of nitrogens with one attached hydrogen (secondary N) is 1. The summed E-state index contributed by atoms with van der Waals surface area (Å²) < 4.78 is 1.92. The zero-order chi connectivity index (χ0) is 18.6. The number of imidazole rings is 1. The van der Waals surface area contributed by atoms with Crippen LogP contribution < -0.4 is 5.32 Å². The van der Waals surface area contributed by atoms with E-state index < -0.39 is 0 Å². The average Bonchev–Trinajstić information content (AvgIpc) is 3.16. The van der Waals surface area contributed by atoms with E-state index in [9.17, 15) is 4.79 Å². The third-order valence-corrected chi connectivity index (χ3v) is 4.26. The first-order chi connectivity index (χ1) is 13.2. The molecular formula is C21H15N5O. The van der Waals surface area contributed by atoms with Crippen molar-refractivity contribution in [2.45, 2.75) is 6.54 Å². The van der Waals surface area contributed by atoms with Crippen molar-refractivity contribution in [1.29, 1.82) is 5.26 Å². The third kappa shape index (κ3) is 3.39. The van der Waals surface area contributed by atoms with Gasteiger partial charge in [0.15, 0.2) is 0 Å². The van der Waals surface area contributed by atoms with E-state index in [4.69, 9.17) is 5.26 Å². The lowest BCUT2D eigenvalue weighted by Crippen LogP contribution is -2.22. The van der Waals surface area contributed by atoms with Crippen LogP contribution in [-0.4, -0.2) is 20.4 Å². The highest BCUT2D eigenvalue weighted by molar-refractivity contribution is 5.97. The fraction of sp³-hybridized carbons (Fsp3) is 0.0476. The van der Waals surface area contributed by atoms with Crippen molar-refractivity contribution in [3.8, 4) is 11.8 Å². The minimum atomic E-state index is -0.159. The molecule has 6 nitrogen and oxygen atoms in total. The van der Waals surface area contributed by atoms with Gasteiger partial charge in [0.05, 0.1) is 22.7 Å². The van der Waals surface area contributed by atoms with E-state index in [-0.39, 0.29) is 5.91 Å². The van der Waals surface area contributed by atoms with Gasteiger partial charge in [-0.3, -0.25) is 14.3 Å². The topological polar surface area (TPSA) is 83.6 Å². The number of carbonyl (C=O) groups is 1. The Balaban J connectivity index is 1.56. The molecule has 0 atom stereocenters. The molecule has 0 aliphatic rings. The van der Waals surface area contributed by atoms with Gasteiger partial charge in [-0.25, -0.2) is 4.98 Å². The quantitative estimate of drug-likeness (QED) is 0.610. The summed E-state index contributed by atoms with van der Waals surface area (Å²) in [6.45, 7) is 0.421. The summed E-state index contributed by atoms with van der Waals surface area (Å²) >= 11 is 0. The summed E-state index contributed by atoms with van der Waals surface area (Å²) in [5.41, 5.74) is 4.63. The second-order valence-corrected chi connectivity index (χ2v) is 6.02. The number of aromatic nitrogens is 3. The number of fused-ring (bicyclic) bond motifs is 1. The first kappa shape index (κ1) is 16.5. The standard InChI is InChI=1S/C21H15N5O/c22-11-15-3-6-18(7-4-15)26-14-25-19-10-17(5-8-20(19)26)21(27)24-13-16-2-1-9-23-12-16/h1-10,12,14H,13H2,(H,24,27). The van der Waals surface area contributed by atoms with Crippen molar-refractivity contribution < 1.29 is 4.79 Å². The molecule has 0 fully saturated rings. The van der Waals surface area contributed by atoms with Crippen LogP contribution in [0.4, 0.5) is 0 Å². The maximum absolute atomic E-state index is 12.4. The number of hydrogen-bond donors (Lipinski definition) is 1. The molecule has 0 saturated carbocycles. The van der Waals surface area contributed by atoms with Gasteiger partial charge in [-0.1, -0.05) is 6.07 Å². The number of hydrogen-bond acceptors (Lipinski definition) is 4. The number of nitriles is 1. The first-order valence-corrected chi connectivity index (χ1v) is 8.39. The number of carbonyl (C=O) groups excluding carboxylic acids is 1. The molecule has 2 heterocycles. The highest BCUT2D eigenvalue weighted by atomic mass is 16.1. The number of pyridine rings is 1. The minimum Gasteiger partial charge on any atom is -0.348 e. The lowest BCUT2D eigenvalue weighted by molar-refractivity contribution is 0.0951. The molecule has 0 aliphatic heterocycles. The predicted octanol–water partition coefficient (Wildman–Crippen LogP) is 3.22. The molecule has 0 saturated heterocycles. The lowest BCUT2D eigenvalue weighted by Gasteiger charge is -2.07. The molecule has 4 rings (SSSR count). The summed E-state index contributed by atoms with van der Waals surface area (Å²) in [6.07, 6.45) is 5.13. The van der Waals surface area contributed by atoms with E-state index in [1.165, 1.54) is 0 Å². The molecule has 6 heteroatoms. The second kappa shape index (κ2) is 7.10. The van der Waals surface area contributed by atoms with Gasteiger partial charge < -0.3 is 5.32 Å². The van der Waals surface area contributed by atoms with Gasteiger partial charge in [0.25, 0.3) is 5.91 Å². The van der Waals surface area contributed by atoms with Crippen LogP contribution in [0.2, 0.25) is 0 Å². The van der Waals surface area contributed by atoms with Crippen LogP contribution >= 0.6 is 0 Å². The second-order valence-electron chi connectivity index (χ2n) is 6.02. The van der Waals surface area contributed by atoms with Crippen LogP contribution in [0.5, 0.6) is 0 Å². The average molecular weight is 353 g/mol. The van der Waals surface area contributed by atoms with E-state index in [0.29, 0.717) is 17.7 Å². The Morgan fingerprint density at radius 3 is 2.74 bits per heavy atom. The van der Waals surface area contributed by atoms with Crippen LogP contribution in [-0.2, 0) is 6.54 Å². The Morgan fingerprint density at radius 1 is 1.15 bits per heavy atom. The fourth-order valence-corrected chi connectivity index (χ4v) is 2.84. The van der Waals surface area contributed by atoms with Gasteiger partial charge in [-0.15, -0.1) is 0 Å². The number of nitrogens with zero attached hydrogens (tertiary/aromatic N) is 4. The minimum absolute atomic E-state index is 0.159. The largest absolute Gasteiger partial charge is 0.348 e. The van der Waals surface area contributed by atoms with Crippen molar-refractivity contribution in [3.05, 3.63) is 90.0 Å². The van der Waals surface area contributed by atoms with Gasteiger partial charge in [-0.05, 0) is 54.1 Å². The lowest BCUT2D eigenvalue weighted by atomic mass is 10.1. The van der Waals surface area contributed by atoms with Crippen molar-refractivity contribution in [3.63, 3.8) is 0 Å². The maximum atomic E-state index is 12.4. The van der Waals surface area contributed by atoms with E-state index in [1.54, 1.807) is 43.0 Å². The Hall–Kier alpha value is -3.98. The number of benzene rings is 2. The number of amides is 1. The zero-order valence-electron chi connectivity index (χ0n) is 14.3. The highest BCUT2D eigenvalue weighted by Crippen LogP contribution is 2.20. The van der Waals surface area contributed by atoms with E-state index in [0.717, 1.165) is 22.3 Å². The molecular weight excluding hydrogens is 338 g/mol. The van der Waals surface area contributed by atoms with Crippen molar-refractivity contribution >= 4 is 16.9 Å². The normalized spacial score (nSPS) is 10.5. The van der Waals surface area contributed by atoms with Crippen LogP contribution in [0.25, 0.3) is 16.7 Å². The summed E-state index contributed by atoms with van der Waals surface area (Å²) in [7, 11) is 0. The Kier molecular flexibility index (Phi) is 4.33. The summed E-state index contributed by atoms with van der Waals surface area (Å²) in [5.74, 6) is -0.159. The van der Waals surface area contributed by atoms with Crippen LogP contribution in [0.1, 0.15) is 21.5 Å². The molecule has 27 heavy (non-hydrogen) atoms. The molecule has 2 aromatic carbocycles. The Labute approximate surface area is 155 Å². The van der Waals surface area contributed by atoms with Crippen molar-refractivity contribution in [1.82, 2.24) is 19.9 Å². The molecule has 4 aromatic rings. The van der Waals surface area contributed by atoms with Gasteiger partial charge in [0.1, 0.15) is 6.33 Å². The van der Waals surface area contributed by atoms with Gasteiger partial charge in [0, 0.05) is 30.2 Å². The number of rotatable bonds is 4. The molecule has 2 aromatic heterocycles. The molecule has 0 aliphatic carbocycles. The summed E-state index contributed by atoms with van der Waals surface area (Å²) in [6, 6.07) is 18.6. The Morgan fingerprint density at radius 2 is 2.00 bits per heavy atom. The maximum Gasteiger partial charge on any atom is 0.251 e. The van der Waals surface area contributed by atoms with Crippen LogP contribution in [0.15, 0.2) is 73.3 Å². The first-order valence-electron chi connectivity index (χ1n) is 8.39. The van der Waals surface area contributed by atoms with Gasteiger partial charge in [0.2, 0.25) is 0 Å². The third-order valence-electron chi connectivity index (χ3n) is 4.26. The molecule has 130 valence electrons. The van der Waals surface area contributed by atoms with E-state index in [2.05, 4.69) is 21.4 Å². The van der Waals surface area contributed by atoms with Gasteiger partial charge in [-0.2, -0.15) is 5.26 Å². The van der Waals surface area contributed by atoms with E-state index >= 15 is 0 Å². The van der Waals surface area contributed by atoms with Crippen LogP contribution in [0, 0.1) is 11.3 Å². The molecule has 0 spiro atoms. The van der Waals surface area contributed by atoms with Crippen molar-refractivity contribution in [2.75, 3.05) is 0 Å². The molecule has 1 N–H and O–H groups in total. The molecule has 0 unspecified atom stereocenters. The molecule has 0 radical (unpaired) electrons. The summed E-state index contributed by atoms with van der Waals surface area (Å²) in [5, 5.41) is 11.8. The predicted molar refractivity (Wildman–Crippen MR) is 101 cm³/mol. The summed E-state index contributed by atoms with van der Waals surface area (Å²) in [4.78, 5) is 20.9. The van der Waals surface area contributed by atoms with Gasteiger partial charge >= 0.3 is 0 Å².